The molecule has 9 heteroatoms. The Kier molecular flexibility index (Phi) is 4.40. The van der Waals surface area contributed by atoms with Crippen molar-refractivity contribution in [2.45, 2.75) is 32.7 Å². The number of nitrogen functional groups attached to an aromatic ring is 1. The summed E-state index contributed by atoms with van der Waals surface area (Å²) in [5.74, 6) is -0.686. The van der Waals surface area contributed by atoms with Crippen molar-refractivity contribution in [3.63, 3.8) is 0 Å². The fraction of sp³-hybridized carbons (Fsp3) is 0.600. The number of aliphatic hydroxyl groups excluding tert-OH is 1. The first kappa shape index (κ1) is 15.3. The lowest BCUT2D eigenvalue weighted by molar-refractivity contribution is -0.201. The summed E-state index contributed by atoms with van der Waals surface area (Å²) < 4.78 is 37.3. The van der Waals surface area contributed by atoms with Crippen molar-refractivity contribution < 1.29 is 23.1 Å². The molecule has 0 fully saturated rings. The number of carbonyl (C=O) groups excluding carboxylic acids is 1. The molecule has 0 aliphatic carbocycles. The highest BCUT2D eigenvalue weighted by Crippen LogP contribution is 2.19. The summed E-state index contributed by atoms with van der Waals surface area (Å²) in [5.41, 5.74) is 7.19. The molecule has 0 aliphatic rings. The van der Waals surface area contributed by atoms with Crippen LogP contribution in [0.3, 0.4) is 0 Å². The molecule has 0 spiro atoms. The maximum absolute atomic E-state index is 12.0. The quantitative estimate of drug-likeness (QED) is 0.730. The second-order valence-corrected chi connectivity index (χ2v) is 4.10. The zero-order valence-electron chi connectivity index (χ0n) is 10.5. The van der Waals surface area contributed by atoms with Crippen molar-refractivity contribution in [3.8, 4) is 0 Å². The number of aliphatic hydroxyl groups is 1. The third kappa shape index (κ3) is 3.85. The van der Waals surface area contributed by atoms with E-state index in [1.165, 1.54) is 4.68 Å². The number of rotatable bonds is 4. The number of anilines is 1. The van der Waals surface area contributed by atoms with Crippen molar-refractivity contribution in [2.75, 3.05) is 12.3 Å². The molecule has 1 heterocycles. The van der Waals surface area contributed by atoms with Crippen molar-refractivity contribution in [3.05, 3.63) is 11.4 Å². The van der Waals surface area contributed by atoms with Crippen LogP contribution in [0.15, 0.2) is 0 Å². The molecule has 0 aliphatic heterocycles. The van der Waals surface area contributed by atoms with E-state index in [9.17, 15) is 18.0 Å². The van der Waals surface area contributed by atoms with Crippen LogP contribution in [0.4, 0.5) is 18.9 Å². The Bertz CT molecular complexity index is 470. The van der Waals surface area contributed by atoms with Gasteiger partial charge in [0.1, 0.15) is 6.54 Å². The van der Waals surface area contributed by atoms with Crippen LogP contribution >= 0.6 is 0 Å². The largest absolute Gasteiger partial charge is 0.416 e. The number of nitrogens with one attached hydrogen (secondary N) is 1. The predicted molar refractivity (Wildman–Crippen MR) is 61.2 cm³/mol. The average Bonchev–Trinajstić information content (AvgIpc) is 2.52. The second kappa shape index (κ2) is 5.47. The van der Waals surface area contributed by atoms with E-state index in [2.05, 4.69) is 5.10 Å². The van der Waals surface area contributed by atoms with E-state index >= 15 is 0 Å². The molecule has 0 aromatic carbocycles. The van der Waals surface area contributed by atoms with E-state index in [1.807, 2.05) is 5.32 Å². The third-order valence-electron chi connectivity index (χ3n) is 2.60. The lowest BCUT2D eigenvalue weighted by Gasteiger charge is -2.15. The van der Waals surface area contributed by atoms with Gasteiger partial charge in [-0.2, -0.15) is 18.3 Å². The maximum atomic E-state index is 12.0. The number of hydrogen-bond acceptors (Lipinski definition) is 4. The minimum atomic E-state index is -4.75. The first-order chi connectivity index (χ1) is 8.62. The molecule has 6 nitrogen and oxygen atoms in total. The molecule has 1 unspecified atom stereocenters. The van der Waals surface area contributed by atoms with E-state index in [0.29, 0.717) is 17.1 Å². The molecule has 1 aromatic rings. The van der Waals surface area contributed by atoms with Gasteiger partial charge in [0.15, 0.2) is 6.10 Å². The van der Waals surface area contributed by atoms with Gasteiger partial charge in [-0.15, -0.1) is 0 Å². The number of halogens is 3. The van der Waals surface area contributed by atoms with Crippen molar-refractivity contribution in [1.82, 2.24) is 15.1 Å². The fourth-order valence-corrected chi connectivity index (χ4v) is 1.38. The van der Waals surface area contributed by atoms with Gasteiger partial charge in [-0.3, -0.25) is 9.48 Å². The summed E-state index contributed by atoms with van der Waals surface area (Å²) in [6, 6.07) is 0. The van der Waals surface area contributed by atoms with Crippen LogP contribution in [0.25, 0.3) is 0 Å². The molecule has 19 heavy (non-hydrogen) atoms. The molecule has 108 valence electrons. The van der Waals surface area contributed by atoms with Crippen LogP contribution in [0.5, 0.6) is 0 Å². The molecule has 4 N–H and O–H groups in total. The average molecular weight is 280 g/mol. The summed E-state index contributed by atoms with van der Waals surface area (Å²) in [6.45, 7) is 2.16. The second-order valence-electron chi connectivity index (χ2n) is 4.10. The summed E-state index contributed by atoms with van der Waals surface area (Å²) in [4.78, 5) is 11.4. The smallest absolute Gasteiger partial charge is 0.396 e. The Morgan fingerprint density at radius 2 is 2.11 bits per heavy atom. The lowest BCUT2D eigenvalue weighted by atomic mass is 10.3. The Hall–Kier alpha value is -1.77. The van der Waals surface area contributed by atoms with Crippen molar-refractivity contribution in [2.24, 2.45) is 0 Å². The van der Waals surface area contributed by atoms with Crippen molar-refractivity contribution in [1.29, 1.82) is 0 Å². The van der Waals surface area contributed by atoms with Crippen LogP contribution < -0.4 is 11.1 Å². The van der Waals surface area contributed by atoms with E-state index in [4.69, 9.17) is 10.8 Å². The molecular weight excluding hydrogens is 265 g/mol. The van der Waals surface area contributed by atoms with Gasteiger partial charge in [0.25, 0.3) is 0 Å². The Balaban J connectivity index is 2.55. The van der Waals surface area contributed by atoms with Gasteiger partial charge < -0.3 is 16.2 Å². The number of aromatic nitrogens is 2. The molecular formula is C10H15F3N4O2. The van der Waals surface area contributed by atoms with Gasteiger partial charge in [-0.05, 0) is 13.8 Å². The van der Waals surface area contributed by atoms with E-state index < -0.39 is 24.7 Å². The lowest BCUT2D eigenvalue weighted by Crippen LogP contribution is -2.41. The van der Waals surface area contributed by atoms with Gasteiger partial charge in [0.05, 0.1) is 23.6 Å². The number of nitrogens with two attached hydrogens (primary N) is 1. The summed E-state index contributed by atoms with van der Waals surface area (Å²) in [5, 5.41) is 14.7. The normalized spacial score (nSPS) is 13.4. The summed E-state index contributed by atoms with van der Waals surface area (Å²) in [6.07, 6.45) is -7.34. The number of alkyl halides is 3. The zero-order valence-corrected chi connectivity index (χ0v) is 10.5. The molecule has 0 bridgehead atoms. The van der Waals surface area contributed by atoms with Crippen LogP contribution in [-0.4, -0.2) is 39.6 Å². The molecule has 1 amide bonds. The summed E-state index contributed by atoms with van der Waals surface area (Å²) in [7, 11) is 0. The first-order valence-electron chi connectivity index (χ1n) is 5.44. The third-order valence-corrected chi connectivity index (χ3v) is 2.60. The van der Waals surface area contributed by atoms with E-state index in [0.717, 1.165) is 0 Å². The molecule has 0 radical (unpaired) electrons. The van der Waals surface area contributed by atoms with Gasteiger partial charge >= 0.3 is 6.18 Å². The van der Waals surface area contributed by atoms with Gasteiger partial charge in [0, 0.05) is 0 Å². The minimum Gasteiger partial charge on any atom is -0.396 e. The number of aryl methyl sites for hydroxylation is 1. The van der Waals surface area contributed by atoms with E-state index in [1.54, 1.807) is 13.8 Å². The number of nitrogens with zero attached hydrogens (tertiary/aromatic N) is 2. The van der Waals surface area contributed by atoms with Gasteiger partial charge in [-0.25, -0.2) is 0 Å². The van der Waals surface area contributed by atoms with E-state index in [-0.39, 0.29) is 6.54 Å². The highest BCUT2D eigenvalue weighted by molar-refractivity contribution is 5.76. The SMILES string of the molecule is Cc1nn(CC(=O)NCC(O)C(F)(F)F)c(C)c1N. The Morgan fingerprint density at radius 1 is 1.53 bits per heavy atom. The molecule has 0 saturated carbocycles. The molecule has 1 atom stereocenters. The minimum absolute atomic E-state index is 0.256. The van der Waals surface area contributed by atoms with Gasteiger partial charge in [0.2, 0.25) is 5.91 Å². The number of hydrogen-bond donors (Lipinski definition) is 3. The standard InChI is InChI=1S/C10H15F3N4O2/c1-5-9(14)6(2)17(16-5)4-8(19)15-3-7(18)10(11,12)13/h7,18H,3-4,14H2,1-2H3,(H,15,19). The van der Waals surface area contributed by atoms with Crippen LogP contribution in [0, 0.1) is 13.8 Å². The van der Waals surface area contributed by atoms with Crippen LogP contribution in [-0.2, 0) is 11.3 Å². The molecule has 0 saturated heterocycles. The monoisotopic (exact) mass is 280 g/mol. The highest BCUT2D eigenvalue weighted by Gasteiger charge is 2.38. The maximum Gasteiger partial charge on any atom is 0.416 e. The predicted octanol–water partition coefficient (Wildman–Crippen LogP) is 0.122. The Labute approximate surface area is 107 Å². The highest BCUT2D eigenvalue weighted by atomic mass is 19.4. The summed E-state index contributed by atoms with van der Waals surface area (Å²) >= 11 is 0. The van der Waals surface area contributed by atoms with Crippen LogP contribution in [0.2, 0.25) is 0 Å². The Morgan fingerprint density at radius 3 is 2.53 bits per heavy atom. The van der Waals surface area contributed by atoms with Crippen LogP contribution in [0.1, 0.15) is 11.4 Å². The molecule has 1 rings (SSSR count). The van der Waals surface area contributed by atoms with Gasteiger partial charge in [-0.1, -0.05) is 0 Å². The molecule has 1 aromatic heterocycles. The zero-order chi connectivity index (χ0) is 14.8. The first-order valence-corrected chi connectivity index (χ1v) is 5.44. The number of amides is 1. The van der Waals surface area contributed by atoms with Crippen molar-refractivity contribution >= 4 is 11.6 Å². The fourth-order valence-electron chi connectivity index (χ4n) is 1.38. The topological polar surface area (TPSA) is 93.2 Å². The number of carbonyl (C=O) groups is 1.